The zero-order chi connectivity index (χ0) is 17.5. The van der Waals surface area contributed by atoms with E-state index in [0.29, 0.717) is 12.6 Å². The van der Waals surface area contributed by atoms with Crippen molar-refractivity contribution in [2.45, 2.75) is 38.3 Å². The first kappa shape index (κ1) is 18.4. The number of rotatable bonds is 6. The van der Waals surface area contributed by atoms with E-state index < -0.39 is 0 Å². The summed E-state index contributed by atoms with van der Waals surface area (Å²) < 4.78 is 0. The van der Waals surface area contributed by atoms with Crippen LogP contribution in [0.1, 0.15) is 31.2 Å². The summed E-state index contributed by atoms with van der Waals surface area (Å²) in [6.07, 6.45) is 4.28. The lowest BCUT2D eigenvalue weighted by Crippen LogP contribution is -2.52. The fourth-order valence-corrected chi connectivity index (χ4v) is 4.01. The Kier molecular flexibility index (Phi) is 6.84. The smallest absolute Gasteiger partial charge is 0.236 e. The minimum Gasteiger partial charge on any atom is -0.396 e. The summed E-state index contributed by atoms with van der Waals surface area (Å²) in [5.41, 5.74) is 1.34. The number of carbonyl (C=O) groups excluding carboxylic acids is 1. The largest absolute Gasteiger partial charge is 0.396 e. The average molecular weight is 345 g/mol. The van der Waals surface area contributed by atoms with Gasteiger partial charge in [0.2, 0.25) is 5.91 Å². The molecule has 0 bridgehead atoms. The molecular formula is C20H31N3O2. The predicted molar refractivity (Wildman–Crippen MR) is 99.2 cm³/mol. The van der Waals surface area contributed by atoms with Crippen LogP contribution in [0.25, 0.3) is 0 Å². The van der Waals surface area contributed by atoms with E-state index in [-0.39, 0.29) is 12.5 Å². The molecule has 1 N–H and O–H groups in total. The predicted octanol–water partition coefficient (Wildman–Crippen LogP) is 1.57. The van der Waals surface area contributed by atoms with Gasteiger partial charge in [-0.1, -0.05) is 36.8 Å². The Morgan fingerprint density at radius 2 is 1.80 bits per heavy atom. The highest BCUT2D eigenvalue weighted by atomic mass is 16.3. The second kappa shape index (κ2) is 9.32. The number of piperazine rings is 1. The van der Waals surface area contributed by atoms with Crippen molar-refractivity contribution in [3.8, 4) is 0 Å². The molecular weight excluding hydrogens is 314 g/mol. The summed E-state index contributed by atoms with van der Waals surface area (Å²) in [6, 6.07) is 10.9. The molecule has 1 amide bonds. The van der Waals surface area contributed by atoms with Crippen LogP contribution < -0.4 is 0 Å². The SMILES string of the molecule is O=C(CN1CCCCC1CCO)N1CCN(Cc2ccccc2)CC1. The van der Waals surface area contributed by atoms with Crippen LogP contribution in [0.15, 0.2) is 30.3 Å². The zero-order valence-electron chi connectivity index (χ0n) is 15.1. The molecule has 0 saturated carbocycles. The minimum absolute atomic E-state index is 0.216. The van der Waals surface area contributed by atoms with Crippen molar-refractivity contribution in [1.82, 2.24) is 14.7 Å². The van der Waals surface area contributed by atoms with Gasteiger partial charge in [-0.05, 0) is 31.4 Å². The number of nitrogens with zero attached hydrogens (tertiary/aromatic N) is 3. The molecule has 0 aromatic heterocycles. The fraction of sp³-hybridized carbons (Fsp3) is 0.650. The highest BCUT2D eigenvalue weighted by Gasteiger charge is 2.27. The van der Waals surface area contributed by atoms with Crippen molar-refractivity contribution in [1.29, 1.82) is 0 Å². The number of piperidine rings is 1. The Bertz CT molecular complexity index is 527. The summed E-state index contributed by atoms with van der Waals surface area (Å²) in [5.74, 6) is 0.254. The third kappa shape index (κ3) is 5.27. The molecule has 0 radical (unpaired) electrons. The number of carbonyl (C=O) groups is 1. The Balaban J connectivity index is 1.44. The van der Waals surface area contributed by atoms with Gasteiger partial charge < -0.3 is 10.0 Å². The molecule has 1 aromatic carbocycles. The summed E-state index contributed by atoms with van der Waals surface area (Å²) in [5, 5.41) is 9.24. The first-order chi connectivity index (χ1) is 12.3. The fourth-order valence-electron chi connectivity index (χ4n) is 4.01. The number of amides is 1. The standard InChI is InChI=1S/C20H31N3O2/c24-15-9-19-8-4-5-10-23(19)17-20(25)22-13-11-21(12-14-22)16-18-6-2-1-3-7-18/h1-3,6-7,19,24H,4-5,8-17H2. The van der Waals surface area contributed by atoms with Crippen LogP contribution in [0.3, 0.4) is 0 Å². The van der Waals surface area contributed by atoms with Gasteiger partial charge in [-0.25, -0.2) is 0 Å². The van der Waals surface area contributed by atoms with Crippen LogP contribution >= 0.6 is 0 Å². The number of hydrogen-bond acceptors (Lipinski definition) is 4. The molecule has 2 saturated heterocycles. The van der Waals surface area contributed by atoms with Gasteiger partial charge in [-0.2, -0.15) is 0 Å². The van der Waals surface area contributed by atoms with Crippen molar-refractivity contribution < 1.29 is 9.90 Å². The molecule has 2 aliphatic rings. The van der Waals surface area contributed by atoms with Crippen LogP contribution in [0.5, 0.6) is 0 Å². The van der Waals surface area contributed by atoms with E-state index in [4.69, 9.17) is 0 Å². The van der Waals surface area contributed by atoms with Crippen LogP contribution in [0, 0.1) is 0 Å². The van der Waals surface area contributed by atoms with Crippen molar-refractivity contribution in [3.05, 3.63) is 35.9 Å². The van der Waals surface area contributed by atoms with E-state index in [1.54, 1.807) is 0 Å². The highest BCUT2D eigenvalue weighted by Crippen LogP contribution is 2.19. The van der Waals surface area contributed by atoms with Gasteiger partial charge in [0.25, 0.3) is 0 Å². The van der Waals surface area contributed by atoms with Gasteiger partial charge in [-0.15, -0.1) is 0 Å². The molecule has 5 heteroatoms. The molecule has 0 spiro atoms. The van der Waals surface area contributed by atoms with Crippen LogP contribution in [-0.2, 0) is 11.3 Å². The number of hydrogen-bond donors (Lipinski definition) is 1. The molecule has 2 aliphatic heterocycles. The highest BCUT2D eigenvalue weighted by molar-refractivity contribution is 5.78. The van der Waals surface area contributed by atoms with Crippen molar-refractivity contribution in [2.24, 2.45) is 0 Å². The van der Waals surface area contributed by atoms with E-state index in [1.165, 1.54) is 18.4 Å². The van der Waals surface area contributed by atoms with Crippen LogP contribution in [-0.4, -0.2) is 77.6 Å². The Hall–Kier alpha value is -1.43. The second-order valence-corrected chi connectivity index (χ2v) is 7.27. The van der Waals surface area contributed by atoms with E-state index in [0.717, 1.165) is 52.1 Å². The molecule has 2 heterocycles. The Morgan fingerprint density at radius 3 is 2.52 bits per heavy atom. The van der Waals surface area contributed by atoms with E-state index in [9.17, 15) is 9.90 Å². The summed E-state index contributed by atoms with van der Waals surface area (Å²) >= 11 is 0. The van der Waals surface area contributed by atoms with Gasteiger partial charge in [0, 0.05) is 45.4 Å². The maximum atomic E-state index is 12.7. The number of benzene rings is 1. The lowest BCUT2D eigenvalue weighted by Gasteiger charge is -2.39. The van der Waals surface area contributed by atoms with Crippen molar-refractivity contribution >= 4 is 5.91 Å². The third-order valence-electron chi connectivity index (χ3n) is 5.52. The van der Waals surface area contributed by atoms with Gasteiger partial charge in [-0.3, -0.25) is 14.6 Å². The van der Waals surface area contributed by atoms with Crippen LogP contribution in [0.4, 0.5) is 0 Å². The first-order valence-corrected chi connectivity index (χ1v) is 9.65. The number of aliphatic hydroxyl groups excluding tert-OH is 1. The second-order valence-electron chi connectivity index (χ2n) is 7.27. The minimum atomic E-state index is 0.216. The summed E-state index contributed by atoms with van der Waals surface area (Å²) in [4.78, 5) is 19.4. The van der Waals surface area contributed by atoms with Gasteiger partial charge in [0.05, 0.1) is 6.54 Å². The molecule has 5 nitrogen and oxygen atoms in total. The summed E-state index contributed by atoms with van der Waals surface area (Å²) in [7, 11) is 0. The molecule has 1 atom stereocenters. The zero-order valence-corrected chi connectivity index (χ0v) is 15.1. The number of aliphatic hydroxyl groups is 1. The third-order valence-corrected chi connectivity index (χ3v) is 5.52. The molecule has 2 fully saturated rings. The molecule has 0 aliphatic carbocycles. The van der Waals surface area contributed by atoms with Gasteiger partial charge in [0.1, 0.15) is 0 Å². The average Bonchev–Trinajstić information content (AvgIpc) is 2.65. The van der Waals surface area contributed by atoms with Crippen molar-refractivity contribution in [2.75, 3.05) is 45.9 Å². The van der Waals surface area contributed by atoms with Crippen LogP contribution in [0.2, 0.25) is 0 Å². The molecule has 1 unspecified atom stereocenters. The van der Waals surface area contributed by atoms with E-state index in [1.807, 2.05) is 11.0 Å². The first-order valence-electron chi connectivity index (χ1n) is 9.65. The van der Waals surface area contributed by atoms with Gasteiger partial charge in [0.15, 0.2) is 0 Å². The quantitative estimate of drug-likeness (QED) is 0.850. The Morgan fingerprint density at radius 1 is 1.04 bits per heavy atom. The molecule has 3 rings (SSSR count). The molecule has 138 valence electrons. The Labute approximate surface area is 151 Å². The van der Waals surface area contributed by atoms with Gasteiger partial charge >= 0.3 is 0 Å². The van der Waals surface area contributed by atoms with E-state index in [2.05, 4.69) is 34.1 Å². The monoisotopic (exact) mass is 345 g/mol. The van der Waals surface area contributed by atoms with Crippen molar-refractivity contribution in [3.63, 3.8) is 0 Å². The normalized spacial score (nSPS) is 22.9. The summed E-state index contributed by atoms with van der Waals surface area (Å²) in [6.45, 7) is 6.23. The maximum Gasteiger partial charge on any atom is 0.236 e. The lowest BCUT2D eigenvalue weighted by molar-refractivity contribution is -0.135. The number of likely N-dealkylation sites (tertiary alicyclic amines) is 1. The topological polar surface area (TPSA) is 47.0 Å². The maximum absolute atomic E-state index is 12.7. The lowest BCUT2D eigenvalue weighted by atomic mass is 9.99. The molecule has 25 heavy (non-hydrogen) atoms. The van der Waals surface area contributed by atoms with E-state index >= 15 is 0 Å². The molecule has 1 aromatic rings.